The van der Waals surface area contributed by atoms with Crippen molar-refractivity contribution in [2.24, 2.45) is 0 Å². The lowest BCUT2D eigenvalue weighted by atomic mass is 9.98. The molecule has 1 unspecified atom stereocenters. The molecular weight excluding hydrogens is 522 g/mol. The summed E-state index contributed by atoms with van der Waals surface area (Å²) in [6.07, 6.45) is 1.20. The minimum atomic E-state index is -0.936. The van der Waals surface area contributed by atoms with Crippen LogP contribution in [-0.2, 0) is 16.0 Å². The normalized spacial score (nSPS) is 11.9. The molecule has 0 aliphatic rings. The van der Waals surface area contributed by atoms with E-state index >= 15 is 0 Å². The van der Waals surface area contributed by atoms with Gasteiger partial charge in [0.05, 0.1) is 18.5 Å². The number of nitrogens with zero attached hydrogens (tertiary/aromatic N) is 1. The van der Waals surface area contributed by atoms with Gasteiger partial charge in [-0.15, -0.1) is 11.3 Å². The number of halogens is 1. The third-order valence-corrected chi connectivity index (χ3v) is 7.46. The Morgan fingerprint density at radius 1 is 1.08 bits per heavy atom. The Hall–Kier alpha value is -3.36. The fourth-order valence-electron chi connectivity index (χ4n) is 3.83. The standard InChI is InChI=1S/C29H34ClN3O4S/c1-5-29(2,3)32-28(36)26(21-8-6-9-23(18-21)37-4)33(16-15-20-11-13-22(30)14-12-20)25(34)19-31-27(35)24-10-7-17-38-24/h6-14,17-18,26H,5,15-16,19H2,1-4H3,(H,31,35)(H,32,36). The van der Waals surface area contributed by atoms with Crippen LogP contribution >= 0.6 is 22.9 Å². The summed E-state index contributed by atoms with van der Waals surface area (Å²) in [6, 6.07) is 17.1. The fraction of sp³-hybridized carbons (Fsp3) is 0.345. The zero-order valence-corrected chi connectivity index (χ0v) is 23.7. The molecule has 202 valence electrons. The zero-order chi connectivity index (χ0) is 27.7. The summed E-state index contributed by atoms with van der Waals surface area (Å²) in [4.78, 5) is 42.1. The maximum Gasteiger partial charge on any atom is 0.261 e. The van der Waals surface area contributed by atoms with Crippen molar-refractivity contribution in [3.05, 3.63) is 87.1 Å². The van der Waals surface area contributed by atoms with E-state index < -0.39 is 11.6 Å². The highest BCUT2D eigenvalue weighted by molar-refractivity contribution is 7.12. The molecule has 1 atom stereocenters. The Bertz CT molecular complexity index is 1230. The molecule has 3 amide bonds. The van der Waals surface area contributed by atoms with Crippen LogP contribution in [0.15, 0.2) is 66.0 Å². The number of amides is 3. The molecule has 0 saturated carbocycles. The molecule has 38 heavy (non-hydrogen) atoms. The molecule has 0 aliphatic carbocycles. The van der Waals surface area contributed by atoms with Crippen LogP contribution in [0.2, 0.25) is 5.02 Å². The molecule has 0 fully saturated rings. The molecule has 0 radical (unpaired) electrons. The number of carbonyl (C=O) groups is 3. The molecule has 0 spiro atoms. The van der Waals surface area contributed by atoms with E-state index in [0.29, 0.717) is 34.1 Å². The predicted molar refractivity (Wildman–Crippen MR) is 152 cm³/mol. The number of hydrogen-bond donors (Lipinski definition) is 2. The first-order valence-corrected chi connectivity index (χ1v) is 13.7. The van der Waals surface area contributed by atoms with Crippen molar-refractivity contribution in [2.75, 3.05) is 20.2 Å². The highest BCUT2D eigenvalue weighted by Crippen LogP contribution is 2.27. The van der Waals surface area contributed by atoms with Gasteiger partial charge in [0, 0.05) is 17.1 Å². The number of hydrogen-bond acceptors (Lipinski definition) is 5. The van der Waals surface area contributed by atoms with E-state index in [1.54, 1.807) is 61.0 Å². The second-order valence-corrected chi connectivity index (χ2v) is 10.9. The van der Waals surface area contributed by atoms with Gasteiger partial charge < -0.3 is 20.3 Å². The first-order chi connectivity index (χ1) is 18.1. The van der Waals surface area contributed by atoms with Gasteiger partial charge in [0.1, 0.15) is 11.8 Å². The van der Waals surface area contributed by atoms with E-state index in [2.05, 4.69) is 10.6 Å². The molecule has 2 N–H and O–H groups in total. The molecule has 9 heteroatoms. The molecule has 3 aromatic rings. The van der Waals surface area contributed by atoms with Crippen molar-refractivity contribution in [1.82, 2.24) is 15.5 Å². The van der Waals surface area contributed by atoms with Gasteiger partial charge in [0.15, 0.2) is 0 Å². The third-order valence-electron chi connectivity index (χ3n) is 6.34. The fourth-order valence-corrected chi connectivity index (χ4v) is 4.59. The van der Waals surface area contributed by atoms with Crippen LogP contribution in [0.3, 0.4) is 0 Å². The highest BCUT2D eigenvalue weighted by Gasteiger charge is 2.34. The summed E-state index contributed by atoms with van der Waals surface area (Å²) >= 11 is 7.34. The number of carbonyl (C=O) groups excluding carboxylic acids is 3. The molecule has 0 saturated heterocycles. The SMILES string of the molecule is CCC(C)(C)NC(=O)C(c1cccc(OC)c1)N(CCc1ccc(Cl)cc1)C(=O)CNC(=O)c1cccs1. The predicted octanol–water partition coefficient (Wildman–Crippen LogP) is 5.26. The zero-order valence-electron chi connectivity index (χ0n) is 22.1. The van der Waals surface area contributed by atoms with Crippen LogP contribution in [0.25, 0.3) is 0 Å². The van der Waals surface area contributed by atoms with Crippen LogP contribution < -0.4 is 15.4 Å². The lowest BCUT2D eigenvalue weighted by Gasteiger charge is -2.35. The van der Waals surface area contributed by atoms with Crippen LogP contribution in [0, 0.1) is 0 Å². The smallest absolute Gasteiger partial charge is 0.261 e. The van der Waals surface area contributed by atoms with Crippen molar-refractivity contribution >= 4 is 40.7 Å². The molecule has 3 rings (SSSR count). The van der Waals surface area contributed by atoms with E-state index in [-0.39, 0.29) is 30.8 Å². The largest absolute Gasteiger partial charge is 0.497 e. The van der Waals surface area contributed by atoms with Gasteiger partial charge >= 0.3 is 0 Å². The van der Waals surface area contributed by atoms with Gasteiger partial charge in [-0.05, 0) is 73.5 Å². The highest BCUT2D eigenvalue weighted by atomic mass is 35.5. The molecule has 1 heterocycles. The summed E-state index contributed by atoms with van der Waals surface area (Å²) in [6.45, 7) is 5.87. The summed E-state index contributed by atoms with van der Waals surface area (Å²) in [5, 5.41) is 8.22. The summed E-state index contributed by atoms with van der Waals surface area (Å²) in [7, 11) is 1.55. The lowest BCUT2D eigenvalue weighted by Crippen LogP contribution is -2.52. The van der Waals surface area contributed by atoms with Crippen molar-refractivity contribution in [2.45, 2.75) is 45.2 Å². The summed E-state index contributed by atoms with van der Waals surface area (Å²) in [5.74, 6) is -0.438. The van der Waals surface area contributed by atoms with Crippen molar-refractivity contribution < 1.29 is 19.1 Å². The molecular formula is C29H34ClN3O4S. The first-order valence-electron chi connectivity index (χ1n) is 12.4. The minimum Gasteiger partial charge on any atom is -0.497 e. The van der Waals surface area contributed by atoms with Gasteiger partial charge in [-0.2, -0.15) is 0 Å². The first kappa shape index (κ1) is 29.2. The number of ether oxygens (including phenoxy) is 1. The van der Waals surface area contributed by atoms with Crippen LogP contribution in [0.4, 0.5) is 0 Å². The topological polar surface area (TPSA) is 87.7 Å². The maximum atomic E-state index is 13.8. The Morgan fingerprint density at radius 3 is 2.45 bits per heavy atom. The molecule has 0 aliphatic heterocycles. The van der Waals surface area contributed by atoms with Crippen LogP contribution in [-0.4, -0.2) is 48.4 Å². The number of nitrogens with one attached hydrogen (secondary N) is 2. The number of methoxy groups -OCH3 is 1. The molecule has 2 aromatic carbocycles. The minimum absolute atomic E-state index is 0.247. The monoisotopic (exact) mass is 555 g/mol. The quantitative estimate of drug-likeness (QED) is 0.319. The Kier molecular flexibility index (Phi) is 10.3. The van der Waals surface area contributed by atoms with Gasteiger partial charge in [-0.25, -0.2) is 0 Å². The average Bonchev–Trinajstić information content (AvgIpc) is 3.45. The van der Waals surface area contributed by atoms with Crippen LogP contribution in [0.1, 0.15) is 54.0 Å². The summed E-state index contributed by atoms with van der Waals surface area (Å²) < 4.78 is 5.40. The molecule has 7 nitrogen and oxygen atoms in total. The van der Waals surface area contributed by atoms with Crippen molar-refractivity contribution in [3.63, 3.8) is 0 Å². The second-order valence-electron chi connectivity index (χ2n) is 9.53. The third kappa shape index (κ3) is 8.07. The average molecular weight is 556 g/mol. The molecule has 0 bridgehead atoms. The van der Waals surface area contributed by atoms with E-state index in [9.17, 15) is 14.4 Å². The van der Waals surface area contributed by atoms with Gasteiger partial charge in [0.2, 0.25) is 11.8 Å². The lowest BCUT2D eigenvalue weighted by molar-refractivity contribution is -0.140. The van der Waals surface area contributed by atoms with Gasteiger partial charge in [-0.3, -0.25) is 14.4 Å². The number of benzene rings is 2. The van der Waals surface area contributed by atoms with E-state index in [4.69, 9.17) is 16.3 Å². The maximum absolute atomic E-state index is 13.8. The van der Waals surface area contributed by atoms with E-state index in [1.807, 2.05) is 32.9 Å². The van der Waals surface area contributed by atoms with E-state index in [1.165, 1.54) is 16.2 Å². The Labute approximate surface area is 233 Å². The van der Waals surface area contributed by atoms with Crippen molar-refractivity contribution in [1.29, 1.82) is 0 Å². The molecule has 1 aromatic heterocycles. The Morgan fingerprint density at radius 2 is 1.82 bits per heavy atom. The number of rotatable bonds is 12. The van der Waals surface area contributed by atoms with Gasteiger partial charge in [0.25, 0.3) is 5.91 Å². The van der Waals surface area contributed by atoms with Gasteiger partial charge in [-0.1, -0.05) is 48.9 Å². The Balaban J connectivity index is 1.95. The summed E-state index contributed by atoms with van der Waals surface area (Å²) in [5.41, 5.74) is 1.10. The second kappa shape index (κ2) is 13.4. The number of thiophene rings is 1. The van der Waals surface area contributed by atoms with E-state index in [0.717, 1.165) is 5.56 Å². The van der Waals surface area contributed by atoms with Crippen molar-refractivity contribution in [3.8, 4) is 5.75 Å². The van der Waals surface area contributed by atoms with Crippen LogP contribution in [0.5, 0.6) is 5.75 Å².